The molecule has 1 aliphatic carbocycles. The molecule has 4 unspecified atom stereocenters. The molecule has 618 valence electrons. The van der Waals surface area contributed by atoms with Crippen LogP contribution in [0.25, 0.3) is 43.1 Å². The van der Waals surface area contributed by atoms with E-state index in [1.807, 2.05) is 0 Å². The Morgan fingerprint density at radius 2 is 0.593 bits per heavy atom. The highest BCUT2D eigenvalue weighted by Crippen LogP contribution is 2.77. The lowest BCUT2D eigenvalue weighted by Crippen LogP contribution is -2.69. The Hall–Kier alpha value is -6.86. The smallest absolute Gasteiger partial charge is 0.0828 e. The van der Waals surface area contributed by atoms with Gasteiger partial charge in [0.05, 0.1) is 10.8 Å². The van der Waals surface area contributed by atoms with Crippen LogP contribution >= 0.6 is 63.7 Å². The highest BCUT2D eigenvalue weighted by atomic mass is 79.9. The van der Waals surface area contributed by atoms with Crippen molar-refractivity contribution in [1.82, 2.24) is 0 Å². The van der Waals surface area contributed by atoms with Crippen molar-refractivity contribution in [1.29, 1.82) is 0 Å². The van der Waals surface area contributed by atoms with Crippen LogP contribution in [0.2, 0.25) is 0 Å². The molecule has 0 bridgehead atoms. The van der Waals surface area contributed by atoms with Crippen LogP contribution in [0.4, 0.5) is 0 Å². The number of rotatable bonds is 46. The van der Waals surface area contributed by atoms with Gasteiger partial charge in [0.1, 0.15) is 0 Å². The summed E-state index contributed by atoms with van der Waals surface area (Å²) in [6.45, 7) is 9.35. The number of fused-ring (bicyclic) bond motifs is 4. The topological polar surface area (TPSA) is 0 Å². The van der Waals surface area contributed by atoms with E-state index in [9.17, 15) is 0 Å². The van der Waals surface area contributed by atoms with Gasteiger partial charge in [-0.05, 0) is 205 Å². The van der Waals surface area contributed by atoms with Gasteiger partial charge in [-0.1, -0.05) is 471 Å². The highest BCUT2D eigenvalue weighted by Gasteiger charge is 2.75. The second-order valence-corrected chi connectivity index (χ2v) is 37.6. The van der Waals surface area contributed by atoms with E-state index in [-0.39, 0.29) is 0 Å². The number of halogens is 4. The minimum Gasteiger partial charge on any atom is -0.0881 e. The minimum absolute atomic E-state index is 0.740. The summed E-state index contributed by atoms with van der Waals surface area (Å²) in [5.74, 6) is 35.7. The molecule has 0 heterocycles. The molecule has 0 amide bonds. The van der Waals surface area contributed by atoms with E-state index in [4.69, 9.17) is 27.8 Å². The van der Waals surface area contributed by atoms with E-state index in [0.29, 0.717) is 0 Å². The zero-order valence-corrected chi connectivity index (χ0v) is 78.6. The lowest BCUT2D eigenvalue weighted by Gasteiger charge is -2.69. The van der Waals surface area contributed by atoms with Crippen LogP contribution in [-0.4, -0.2) is 0 Å². The van der Waals surface area contributed by atoms with Crippen LogP contribution in [0, 0.1) is 58.2 Å². The summed E-state index contributed by atoms with van der Waals surface area (Å²) in [6.07, 6.45) is 51.7. The maximum absolute atomic E-state index is 4.94. The van der Waals surface area contributed by atoms with Crippen LogP contribution in [0.5, 0.6) is 0 Å². The van der Waals surface area contributed by atoms with Crippen molar-refractivity contribution in [3.05, 3.63) is 269 Å². The van der Waals surface area contributed by atoms with Crippen LogP contribution in [0.1, 0.15) is 344 Å². The standard InChI is InChI=1S/C114H134Br4/c1-5-9-13-17-21-25-29-33-37-57-82-111(86-80-93-66-49-43-50-67-93)103(78-76-91-62-45-41-46-63-91)104(79-77-92-64-47-42-48-65-92)113(84-59-39-35-31-27-23-19-15-11-7-3,106-101-90-98-72-55-56-74-99(98)107(115)105(101)108(116)110(118)109(106)117)114(85-60-40-36-32-28-24-20-16-12-8-4,102-75-61-73-97-88-95-70-53-54-71-96(95)89-100(97)102)112(111,87-81-94-68-51-44-52-69-94)83-58-38-34-30-26-22-18-14-10-6-2/h41-56,61-75,88-90H,5-40,57-60,82-85H2,1-4H3. The van der Waals surface area contributed by atoms with Gasteiger partial charge in [-0.2, -0.15) is 0 Å². The summed E-state index contributed by atoms with van der Waals surface area (Å²) >= 11 is 18.5. The van der Waals surface area contributed by atoms with E-state index in [1.54, 1.807) is 0 Å². The fourth-order valence-corrected chi connectivity index (χ4v) is 23.2. The summed E-state index contributed by atoms with van der Waals surface area (Å²) in [7, 11) is 0. The fraction of sp³-hybridized carbons (Fsp3) is 0.456. The van der Waals surface area contributed by atoms with Gasteiger partial charge in [0, 0.05) is 67.5 Å². The van der Waals surface area contributed by atoms with E-state index in [0.717, 1.165) is 159 Å². The molecule has 0 saturated heterocycles. The number of benzene rings is 10. The predicted molar refractivity (Wildman–Crippen MR) is 528 cm³/mol. The average molecular weight is 1820 g/mol. The number of unbranched alkanes of at least 4 members (excludes halogenated alkanes) is 36. The SMILES string of the molecule is CCCCCCCCCCCCC1(C#Cc2ccccc2)C(C#Cc2ccccc2)=C(C#Cc2ccccc2)C(CCCCCCCCCCCC)(c2c(Br)c(Br)c(Br)c3c(Br)c4ccccc4cc23)C(CCCCCCCCCCCC)(c2cccc3cc4ccccc4cc23)C1(C#Cc1ccccc1)CCCCCCCCCCCC. The molecule has 4 heteroatoms. The first-order valence-electron chi connectivity index (χ1n) is 46.8. The Morgan fingerprint density at radius 3 is 1.06 bits per heavy atom. The molecule has 0 radical (unpaired) electrons. The van der Waals surface area contributed by atoms with Gasteiger partial charge in [0.25, 0.3) is 0 Å². The molecule has 118 heavy (non-hydrogen) atoms. The van der Waals surface area contributed by atoms with Crippen LogP contribution in [-0.2, 0) is 10.8 Å². The molecular formula is C114H134Br4. The molecule has 0 aliphatic heterocycles. The number of hydrogen-bond acceptors (Lipinski definition) is 0. The lowest BCUT2D eigenvalue weighted by atomic mass is 9.31. The van der Waals surface area contributed by atoms with Gasteiger partial charge in [-0.3, -0.25) is 0 Å². The monoisotopic (exact) mass is 1820 g/mol. The summed E-state index contributed by atoms with van der Waals surface area (Å²) in [5, 5.41) is 9.70. The highest BCUT2D eigenvalue weighted by molar-refractivity contribution is 9.14. The molecule has 0 N–H and O–H groups in total. The molecule has 4 atom stereocenters. The zero-order chi connectivity index (χ0) is 82.4. The quantitative estimate of drug-likeness (QED) is 0.0154. The van der Waals surface area contributed by atoms with Gasteiger partial charge in [0.2, 0.25) is 0 Å². The Bertz CT molecular complexity index is 5040. The molecule has 0 aromatic heterocycles. The third-order valence-electron chi connectivity index (χ3n) is 26.2. The lowest BCUT2D eigenvalue weighted by molar-refractivity contribution is -0.0187. The number of hydrogen-bond donors (Lipinski definition) is 0. The first-order valence-corrected chi connectivity index (χ1v) is 49.9. The average Bonchev–Trinajstić information content (AvgIpc) is 0.642. The Labute approximate surface area is 748 Å². The summed E-state index contributed by atoms with van der Waals surface area (Å²) in [5.41, 5.74) is 4.54. The van der Waals surface area contributed by atoms with E-state index >= 15 is 0 Å². The zero-order valence-electron chi connectivity index (χ0n) is 72.3. The summed E-state index contributed by atoms with van der Waals surface area (Å²) in [6, 6.07) is 77.7. The molecule has 11 rings (SSSR count). The minimum atomic E-state index is -1.09. The predicted octanol–water partition coefficient (Wildman–Crippen LogP) is 36.3. The van der Waals surface area contributed by atoms with Crippen LogP contribution in [0.15, 0.2) is 235 Å². The van der Waals surface area contributed by atoms with Gasteiger partial charge < -0.3 is 0 Å². The first kappa shape index (κ1) is 91.9. The third-order valence-corrected chi connectivity index (χ3v) is 30.5. The van der Waals surface area contributed by atoms with Gasteiger partial charge in [-0.15, -0.1) is 0 Å². The molecule has 0 nitrogen and oxygen atoms in total. The van der Waals surface area contributed by atoms with Crippen molar-refractivity contribution >= 4 is 107 Å². The summed E-state index contributed by atoms with van der Waals surface area (Å²) in [4.78, 5) is 0. The molecule has 10 aromatic rings. The van der Waals surface area contributed by atoms with Crippen molar-refractivity contribution in [3.63, 3.8) is 0 Å². The molecule has 1 aliphatic rings. The maximum Gasteiger partial charge on any atom is 0.0828 e. The van der Waals surface area contributed by atoms with Crippen molar-refractivity contribution in [2.45, 2.75) is 321 Å². The third kappa shape index (κ3) is 23.3. The van der Waals surface area contributed by atoms with Gasteiger partial charge in [0.15, 0.2) is 0 Å². The van der Waals surface area contributed by atoms with Crippen molar-refractivity contribution < 1.29 is 0 Å². The fourth-order valence-electron chi connectivity index (χ4n) is 20.1. The maximum atomic E-state index is 4.94. The first-order chi connectivity index (χ1) is 58.1. The van der Waals surface area contributed by atoms with Crippen molar-refractivity contribution in [3.8, 4) is 47.4 Å². The van der Waals surface area contributed by atoms with Crippen LogP contribution < -0.4 is 0 Å². The molecule has 0 fully saturated rings. The summed E-state index contributed by atoms with van der Waals surface area (Å²) < 4.78 is 4.10. The Kier molecular flexibility index (Phi) is 38.4. The van der Waals surface area contributed by atoms with E-state index in [2.05, 4.69) is 317 Å². The Morgan fingerprint density at radius 1 is 0.246 bits per heavy atom. The normalized spacial score (nSPS) is 17.1. The molecular weight excluding hydrogens is 1690 g/mol. The van der Waals surface area contributed by atoms with Gasteiger partial charge >= 0.3 is 0 Å². The molecule has 10 aromatic carbocycles. The van der Waals surface area contributed by atoms with Gasteiger partial charge in [-0.25, -0.2) is 0 Å². The molecule has 0 spiro atoms. The van der Waals surface area contributed by atoms with Crippen LogP contribution in [0.3, 0.4) is 0 Å². The second kappa shape index (κ2) is 49.3. The van der Waals surface area contributed by atoms with Crippen molar-refractivity contribution in [2.75, 3.05) is 0 Å². The largest absolute Gasteiger partial charge is 0.0881 e. The second-order valence-electron chi connectivity index (χ2n) is 34.4. The van der Waals surface area contributed by atoms with E-state index < -0.39 is 21.7 Å². The molecule has 0 saturated carbocycles. The van der Waals surface area contributed by atoms with Crippen molar-refractivity contribution in [2.24, 2.45) is 10.8 Å². The number of allylic oxidation sites excluding steroid dienone is 2. The Balaban J connectivity index is 1.41. The van der Waals surface area contributed by atoms with E-state index in [1.165, 1.54) is 229 Å².